The first-order valence-electron chi connectivity index (χ1n) is 8.06. The van der Waals surface area contributed by atoms with Crippen molar-refractivity contribution in [2.75, 3.05) is 0 Å². The van der Waals surface area contributed by atoms with Gasteiger partial charge < -0.3 is 14.6 Å². The highest BCUT2D eigenvalue weighted by Gasteiger charge is 2.19. The Bertz CT molecular complexity index is 846. The molecule has 0 saturated heterocycles. The number of hydrogen-bond donors (Lipinski definition) is 1. The molecule has 0 spiro atoms. The highest BCUT2D eigenvalue weighted by atomic mass is 16.5. The Balaban J connectivity index is 2.69. The van der Waals surface area contributed by atoms with Crippen molar-refractivity contribution in [2.45, 2.75) is 46.3 Å². The first-order chi connectivity index (χ1) is 11.9. The quantitative estimate of drug-likeness (QED) is 0.612. The molecular formula is C18H21N3O4. The van der Waals surface area contributed by atoms with E-state index in [9.17, 15) is 4.79 Å². The monoisotopic (exact) mass is 343 g/mol. The molecule has 1 atom stereocenters. The Morgan fingerprint density at radius 1 is 1.44 bits per heavy atom. The Kier molecular flexibility index (Phi) is 5.65. The van der Waals surface area contributed by atoms with Crippen LogP contribution in [0.4, 0.5) is 0 Å². The van der Waals surface area contributed by atoms with Crippen molar-refractivity contribution >= 4 is 17.7 Å². The molecule has 2 aromatic rings. The fourth-order valence-electron chi connectivity index (χ4n) is 2.16. The third kappa shape index (κ3) is 4.10. The number of fused-ring (bicyclic) bond motifs is 1. The van der Waals surface area contributed by atoms with Gasteiger partial charge in [-0.1, -0.05) is 6.92 Å². The molecule has 0 amide bonds. The van der Waals surface area contributed by atoms with Crippen LogP contribution in [0.1, 0.15) is 39.8 Å². The van der Waals surface area contributed by atoms with E-state index < -0.39 is 11.5 Å². The van der Waals surface area contributed by atoms with E-state index in [4.69, 9.17) is 19.8 Å². The third-order valence-electron chi connectivity index (χ3n) is 3.50. The molecule has 0 bridgehead atoms. The Morgan fingerprint density at radius 3 is 2.72 bits per heavy atom. The van der Waals surface area contributed by atoms with Gasteiger partial charge in [0.1, 0.15) is 17.3 Å². The van der Waals surface area contributed by atoms with Crippen molar-refractivity contribution in [3.63, 3.8) is 0 Å². The number of carboxylic acid groups (broad SMARTS) is 1. The zero-order valence-electron chi connectivity index (χ0n) is 14.7. The van der Waals surface area contributed by atoms with Crippen LogP contribution in [0.5, 0.6) is 11.6 Å². The van der Waals surface area contributed by atoms with E-state index in [1.54, 1.807) is 28.8 Å². The molecule has 2 rings (SSSR count). The third-order valence-corrected chi connectivity index (χ3v) is 3.50. The maximum Gasteiger partial charge on any atom is 0.346 e. The number of hydrogen-bond acceptors (Lipinski definition) is 5. The number of ether oxygens (including phenoxy) is 2. The van der Waals surface area contributed by atoms with Gasteiger partial charge in [0.05, 0.1) is 12.2 Å². The normalized spacial score (nSPS) is 12.9. The van der Waals surface area contributed by atoms with Crippen molar-refractivity contribution in [3.8, 4) is 17.7 Å². The van der Waals surface area contributed by atoms with Gasteiger partial charge in [0.2, 0.25) is 5.88 Å². The zero-order valence-corrected chi connectivity index (χ0v) is 14.7. The fraction of sp³-hybridized carbons (Fsp3) is 0.389. The lowest BCUT2D eigenvalue weighted by Crippen LogP contribution is -2.11. The summed E-state index contributed by atoms with van der Waals surface area (Å²) in [5.41, 5.74) is 0.498. The van der Waals surface area contributed by atoms with E-state index in [0.29, 0.717) is 17.1 Å². The smallest absolute Gasteiger partial charge is 0.346 e. The van der Waals surface area contributed by atoms with Crippen LogP contribution in [-0.4, -0.2) is 32.7 Å². The van der Waals surface area contributed by atoms with Gasteiger partial charge in [-0.15, -0.1) is 0 Å². The van der Waals surface area contributed by atoms with Gasteiger partial charge in [-0.25, -0.2) is 4.79 Å². The van der Waals surface area contributed by atoms with Crippen molar-refractivity contribution in [2.24, 2.45) is 0 Å². The van der Waals surface area contributed by atoms with Gasteiger partial charge >= 0.3 is 5.97 Å². The lowest BCUT2D eigenvalue weighted by atomic mass is 10.2. The summed E-state index contributed by atoms with van der Waals surface area (Å²) in [6.45, 7) is 7.68. The minimum atomic E-state index is -1.30. The van der Waals surface area contributed by atoms with E-state index in [-0.39, 0.29) is 18.1 Å². The summed E-state index contributed by atoms with van der Waals surface area (Å²) < 4.78 is 13.3. The summed E-state index contributed by atoms with van der Waals surface area (Å²) in [4.78, 5) is 15.7. The molecule has 2 heterocycles. The zero-order chi connectivity index (χ0) is 18.6. The fourth-order valence-corrected chi connectivity index (χ4v) is 2.16. The Morgan fingerprint density at radius 2 is 2.16 bits per heavy atom. The number of aromatic nitrogens is 2. The van der Waals surface area contributed by atoms with E-state index >= 15 is 0 Å². The van der Waals surface area contributed by atoms with Gasteiger partial charge in [0.15, 0.2) is 11.4 Å². The summed E-state index contributed by atoms with van der Waals surface area (Å²) in [5.74, 6) is -0.482. The number of carboxylic acids is 1. The molecule has 0 saturated carbocycles. The number of imidazole rings is 1. The van der Waals surface area contributed by atoms with E-state index in [1.165, 1.54) is 6.08 Å². The van der Waals surface area contributed by atoms with Crippen LogP contribution in [0.25, 0.3) is 11.7 Å². The molecule has 2 aromatic heterocycles. The van der Waals surface area contributed by atoms with E-state index in [1.807, 2.05) is 27.7 Å². The van der Waals surface area contributed by atoms with Crippen molar-refractivity contribution in [3.05, 3.63) is 29.6 Å². The summed E-state index contributed by atoms with van der Waals surface area (Å²) in [6, 6.07) is 5.23. The molecule has 1 N–H and O–H groups in total. The van der Waals surface area contributed by atoms with Gasteiger partial charge in [-0.2, -0.15) is 10.2 Å². The molecule has 132 valence electrons. The van der Waals surface area contributed by atoms with Gasteiger partial charge in [-0.05, 0) is 45.4 Å². The van der Waals surface area contributed by atoms with Gasteiger partial charge in [0, 0.05) is 6.20 Å². The van der Waals surface area contributed by atoms with Crippen molar-refractivity contribution in [1.29, 1.82) is 5.26 Å². The lowest BCUT2D eigenvalue weighted by Gasteiger charge is -2.10. The largest absolute Gasteiger partial charge is 0.487 e. The predicted octanol–water partition coefficient (Wildman–Crippen LogP) is 3.29. The first kappa shape index (κ1) is 18.3. The second kappa shape index (κ2) is 7.71. The topological polar surface area (TPSA) is 96.9 Å². The molecule has 0 radical (unpaired) electrons. The molecule has 7 nitrogen and oxygen atoms in total. The number of aliphatic carboxylic acids is 1. The lowest BCUT2D eigenvalue weighted by molar-refractivity contribution is -0.132. The summed E-state index contributed by atoms with van der Waals surface area (Å²) in [6.07, 6.45) is 3.59. The van der Waals surface area contributed by atoms with Crippen LogP contribution in [0.2, 0.25) is 0 Å². The van der Waals surface area contributed by atoms with Crippen LogP contribution in [0, 0.1) is 11.3 Å². The number of pyridine rings is 1. The Hall–Kier alpha value is -3.01. The van der Waals surface area contributed by atoms with Gasteiger partial charge in [0.25, 0.3) is 0 Å². The van der Waals surface area contributed by atoms with Crippen molar-refractivity contribution in [1.82, 2.24) is 9.38 Å². The number of nitriles is 1. The van der Waals surface area contributed by atoms with Gasteiger partial charge in [-0.3, -0.25) is 4.40 Å². The minimum absolute atomic E-state index is 0.0467. The number of carbonyl (C=O) groups is 1. The average molecular weight is 343 g/mol. The van der Waals surface area contributed by atoms with Crippen LogP contribution in [0.3, 0.4) is 0 Å². The van der Waals surface area contributed by atoms with E-state index in [2.05, 4.69) is 4.98 Å². The average Bonchev–Trinajstić information content (AvgIpc) is 2.90. The van der Waals surface area contributed by atoms with E-state index in [0.717, 1.165) is 6.42 Å². The molecule has 7 heteroatoms. The number of nitrogens with zero attached hydrogens (tertiary/aromatic N) is 3. The van der Waals surface area contributed by atoms with Crippen LogP contribution < -0.4 is 9.47 Å². The maximum atomic E-state index is 11.2. The highest BCUT2D eigenvalue weighted by molar-refractivity contribution is 5.96. The predicted molar refractivity (Wildman–Crippen MR) is 92.6 cm³/mol. The highest BCUT2D eigenvalue weighted by Crippen LogP contribution is 2.29. The molecule has 0 fully saturated rings. The molecular weight excluding hydrogens is 322 g/mol. The minimum Gasteiger partial charge on any atom is -0.487 e. The van der Waals surface area contributed by atoms with Crippen LogP contribution in [0.15, 0.2) is 23.9 Å². The first-order valence-corrected chi connectivity index (χ1v) is 8.06. The molecule has 0 aliphatic rings. The molecule has 0 aliphatic heterocycles. The summed E-state index contributed by atoms with van der Waals surface area (Å²) in [5, 5.41) is 18.2. The number of rotatable bonds is 7. The second-order valence-corrected chi connectivity index (χ2v) is 5.85. The molecule has 25 heavy (non-hydrogen) atoms. The maximum absolute atomic E-state index is 11.2. The van der Waals surface area contributed by atoms with Crippen LogP contribution >= 0.6 is 0 Å². The molecule has 1 unspecified atom stereocenters. The summed E-state index contributed by atoms with van der Waals surface area (Å²) in [7, 11) is 0. The summed E-state index contributed by atoms with van der Waals surface area (Å²) >= 11 is 0. The molecule has 0 aromatic carbocycles. The van der Waals surface area contributed by atoms with Crippen LogP contribution in [-0.2, 0) is 4.79 Å². The second-order valence-electron chi connectivity index (χ2n) is 5.85. The SMILES string of the molecule is CCC(C)Oc1nc2c(OC(C)C)cccn2c1/C=C(\C#N)C(=O)O. The van der Waals surface area contributed by atoms with Crippen molar-refractivity contribution < 1.29 is 19.4 Å². The standard InChI is InChI=1S/C18H21N3O4/c1-5-12(4)25-17-14(9-13(10-19)18(22)23)21-8-6-7-15(16(21)20-17)24-11(2)3/h6-9,11-12H,5H2,1-4H3,(H,22,23)/b13-9+. The Labute approximate surface area is 146 Å². The molecule has 0 aliphatic carbocycles.